The molecule has 5 rings (SSSR count). The number of rotatable bonds is 5. The van der Waals surface area contributed by atoms with E-state index in [1.165, 1.54) is 30.3 Å². The Labute approximate surface area is 186 Å². The molecule has 8 nitrogen and oxygen atoms in total. The smallest absolute Gasteiger partial charge is 0.326 e. The van der Waals surface area contributed by atoms with Crippen molar-refractivity contribution in [2.24, 2.45) is 12.5 Å². The van der Waals surface area contributed by atoms with Crippen molar-refractivity contribution >= 4 is 22.8 Å². The Hall–Kier alpha value is -3.13. The minimum atomic E-state index is -0.196. The van der Waals surface area contributed by atoms with Crippen molar-refractivity contribution in [3.63, 3.8) is 0 Å². The molecule has 1 spiro atoms. The van der Waals surface area contributed by atoms with E-state index in [-0.39, 0.29) is 11.6 Å². The summed E-state index contributed by atoms with van der Waals surface area (Å²) in [7, 11) is 3.82. The molecule has 0 atom stereocenters. The summed E-state index contributed by atoms with van der Waals surface area (Å²) in [5.41, 5.74) is 3.13. The molecule has 0 radical (unpaired) electrons. The summed E-state index contributed by atoms with van der Waals surface area (Å²) in [6.45, 7) is 2.25. The Bertz CT molecular complexity index is 1180. The lowest BCUT2D eigenvalue weighted by atomic mass is 9.71. The molecule has 3 aromatic rings. The molecule has 1 aliphatic carbocycles. The van der Waals surface area contributed by atoms with Gasteiger partial charge in [0.25, 0.3) is 5.91 Å². The summed E-state index contributed by atoms with van der Waals surface area (Å²) in [6.07, 6.45) is 6.64. The molecule has 32 heavy (non-hydrogen) atoms. The molecule has 3 heterocycles. The number of nitrogens with zero attached hydrogens (tertiary/aromatic N) is 3. The summed E-state index contributed by atoms with van der Waals surface area (Å²) < 4.78 is 6.95. The first-order valence-corrected chi connectivity index (χ1v) is 11.2. The third-order valence-corrected chi connectivity index (χ3v) is 7.17. The van der Waals surface area contributed by atoms with Gasteiger partial charge in [0.15, 0.2) is 0 Å². The van der Waals surface area contributed by atoms with Gasteiger partial charge in [-0.25, -0.2) is 9.78 Å². The number of ether oxygens (including phenoxy) is 1. The molecule has 0 bridgehead atoms. The van der Waals surface area contributed by atoms with Gasteiger partial charge in [-0.1, -0.05) is 6.07 Å². The Morgan fingerprint density at radius 3 is 2.72 bits per heavy atom. The largest absolute Gasteiger partial charge is 0.380 e. The molecule has 1 aliphatic heterocycles. The fraction of sp³-hybridized carbons (Fsp3) is 0.458. The van der Waals surface area contributed by atoms with Gasteiger partial charge in [0.1, 0.15) is 5.82 Å². The lowest BCUT2D eigenvalue weighted by molar-refractivity contribution is -0.132. The Morgan fingerprint density at radius 1 is 1.28 bits per heavy atom. The van der Waals surface area contributed by atoms with E-state index < -0.39 is 0 Å². The number of imidazole rings is 1. The molecule has 1 aromatic carbocycles. The van der Waals surface area contributed by atoms with Crippen molar-refractivity contribution < 1.29 is 9.53 Å². The fourth-order valence-corrected chi connectivity index (χ4v) is 4.86. The van der Waals surface area contributed by atoms with Crippen LogP contribution in [-0.4, -0.2) is 46.7 Å². The van der Waals surface area contributed by atoms with Gasteiger partial charge in [-0.2, -0.15) is 0 Å². The predicted octanol–water partition coefficient (Wildman–Crippen LogP) is 2.59. The highest BCUT2D eigenvalue weighted by molar-refractivity contribution is 5.97. The topological polar surface area (TPSA) is 92.2 Å². The van der Waals surface area contributed by atoms with Crippen LogP contribution < -0.4 is 15.9 Å². The number of aromatic amines is 1. The monoisotopic (exact) mass is 435 g/mol. The van der Waals surface area contributed by atoms with Crippen LogP contribution in [0.2, 0.25) is 0 Å². The average Bonchev–Trinajstić information content (AvgIpc) is 3.09. The summed E-state index contributed by atoms with van der Waals surface area (Å²) in [4.78, 5) is 34.0. The zero-order valence-corrected chi connectivity index (χ0v) is 18.6. The van der Waals surface area contributed by atoms with Crippen molar-refractivity contribution in [1.82, 2.24) is 19.9 Å². The van der Waals surface area contributed by atoms with E-state index in [1.54, 1.807) is 25.2 Å². The van der Waals surface area contributed by atoms with Gasteiger partial charge in [-0.05, 0) is 55.5 Å². The maximum atomic E-state index is 12.6. The second-order valence-electron chi connectivity index (χ2n) is 9.26. The molecule has 2 fully saturated rings. The number of benzene rings is 1. The molecule has 8 heteroatoms. The molecular weight excluding hydrogens is 406 g/mol. The third-order valence-electron chi connectivity index (χ3n) is 7.17. The van der Waals surface area contributed by atoms with Gasteiger partial charge in [0.2, 0.25) is 0 Å². The number of amides is 1. The number of carbonyl (C=O) groups excluding carboxylic acids is 1. The first-order valence-electron chi connectivity index (χ1n) is 11.2. The van der Waals surface area contributed by atoms with E-state index in [0.29, 0.717) is 29.1 Å². The maximum Gasteiger partial charge on any atom is 0.326 e. The molecule has 2 N–H and O–H groups in total. The molecule has 1 saturated carbocycles. The fourth-order valence-electron chi connectivity index (χ4n) is 4.86. The Balaban J connectivity index is 1.17. The lowest BCUT2D eigenvalue weighted by Gasteiger charge is -2.47. The molecule has 2 aliphatic rings. The van der Waals surface area contributed by atoms with Crippen molar-refractivity contribution in [2.45, 2.75) is 38.3 Å². The van der Waals surface area contributed by atoms with Crippen molar-refractivity contribution in [3.05, 3.63) is 58.1 Å². The minimum Gasteiger partial charge on any atom is -0.380 e. The summed E-state index contributed by atoms with van der Waals surface area (Å²) in [5.74, 6) is 0.776. The number of fused-ring (bicyclic) bond motifs is 1. The molecular formula is C24H29N5O3. The second kappa shape index (κ2) is 8.09. The zero-order chi connectivity index (χ0) is 22.3. The van der Waals surface area contributed by atoms with Crippen molar-refractivity contribution in [1.29, 1.82) is 0 Å². The van der Waals surface area contributed by atoms with Crippen molar-refractivity contribution in [2.75, 3.05) is 25.2 Å². The second-order valence-corrected chi connectivity index (χ2v) is 9.26. The SMILES string of the molecule is CN(c1ccc(CNC(=O)c2ccc3c(c2)[nH]c(=O)n3C)cn1)C1CCC2(CC1)COC2. The van der Waals surface area contributed by atoms with Gasteiger partial charge >= 0.3 is 5.69 Å². The highest BCUT2D eigenvalue weighted by Crippen LogP contribution is 2.43. The van der Waals surface area contributed by atoms with Crippen LogP contribution in [0.4, 0.5) is 5.82 Å². The van der Waals surface area contributed by atoms with Crippen LogP contribution in [0.25, 0.3) is 11.0 Å². The number of aromatic nitrogens is 3. The van der Waals surface area contributed by atoms with Crippen LogP contribution in [0, 0.1) is 5.41 Å². The number of nitrogens with one attached hydrogen (secondary N) is 2. The summed E-state index contributed by atoms with van der Waals surface area (Å²) >= 11 is 0. The number of aryl methyl sites for hydroxylation is 1. The van der Waals surface area contributed by atoms with Gasteiger partial charge in [0, 0.05) is 43.9 Å². The third kappa shape index (κ3) is 3.79. The first-order chi connectivity index (χ1) is 15.4. The predicted molar refractivity (Wildman–Crippen MR) is 123 cm³/mol. The van der Waals surface area contributed by atoms with E-state index in [0.717, 1.165) is 30.1 Å². The van der Waals surface area contributed by atoms with Gasteiger partial charge in [-0.3, -0.25) is 9.36 Å². The van der Waals surface area contributed by atoms with Gasteiger partial charge in [-0.15, -0.1) is 0 Å². The number of pyridine rings is 1. The van der Waals surface area contributed by atoms with E-state index in [4.69, 9.17) is 4.74 Å². The van der Waals surface area contributed by atoms with E-state index in [2.05, 4.69) is 27.2 Å². The zero-order valence-electron chi connectivity index (χ0n) is 18.6. The van der Waals surface area contributed by atoms with Crippen LogP contribution in [0.1, 0.15) is 41.6 Å². The highest BCUT2D eigenvalue weighted by Gasteiger charge is 2.42. The number of anilines is 1. The maximum absolute atomic E-state index is 12.6. The van der Waals surface area contributed by atoms with E-state index in [9.17, 15) is 9.59 Å². The average molecular weight is 436 g/mol. The first kappa shape index (κ1) is 20.8. The number of H-pyrrole nitrogens is 1. The Morgan fingerprint density at radius 2 is 2.06 bits per heavy atom. The number of hydrogen-bond acceptors (Lipinski definition) is 5. The van der Waals surface area contributed by atoms with Crippen LogP contribution in [0.15, 0.2) is 41.3 Å². The van der Waals surface area contributed by atoms with Gasteiger partial charge in [0.05, 0.1) is 24.2 Å². The van der Waals surface area contributed by atoms with Crippen LogP contribution in [0.3, 0.4) is 0 Å². The molecule has 1 amide bonds. The van der Waals surface area contributed by atoms with E-state index >= 15 is 0 Å². The van der Waals surface area contributed by atoms with Gasteiger partial charge < -0.3 is 19.9 Å². The normalized spacial score (nSPS) is 17.9. The quantitative estimate of drug-likeness (QED) is 0.643. The van der Waals surface area contributed by atoms with Crippen LogP contribution in [-0.2, 0) is 18.3 Å². The number of carbonyl (C=O) groups is 1. The van der Waals surface area contributed by atoms with Crippen LogP contribution >= 0.6 is 0 Å². The molecule has 0 unspecified atom stereocenters. The highest BCUT2D eigenvalue weighted by atomic mass is 16.5. The minimum absolute atomic E-state index is 0.186. The summed E-state index contributed by atoms with van der Waals surface area (Å²) in [5, 5.41) is 2.93. The van der Waals surface area contributed by atoms with Crippen molar-refractivity contribution in [3.8, 4) is 0 Å². The molecule has 2 aromatic heterocycles. The number of hydrogen-bond donors (Lipinski definition) is 2. The van der Waals surface area contributed by atoms with Crippen LogP contribution in [0.5, 0.6) is 0 Å². The van der Waals surface area contributed by atoms with E-state index in [1.807, 2.05) is 18.3 Å². The molecule has 1 saturated heterocycles. The molecule has 168 valence electrons. The lowest BCUT2D eigenvalue weighted by Crippen LogP contribution is -2.48. The standard InChI is InChI=1S/C24H29N5O3/c1-28(18-7-9-24(10-8-18)14-32-15-24)21-6-3-16(12-25-21)13-26-22(30)17-4-5-20-19(11-17)27-23(31)29(20)2/h3-6,11-12,18H,7-10,13-15H2,1-2H3,(H,26,30)(H,27,31). The Kier molecular flexibility index (Phi) is 5.25. The summed E-state index contributed by atoms with van der Waals surface area (Å²) in [6, 6.07) is 9.76.